The number of aryl methyl sites for hydroxylation is 2. The third kappa shape index (κ3) is 6.24. The minimum Gasteiger partial charge on any atom is -0.406 e. The second-order valence-electron chi connectivity index (χ2n) is 5.28. The summed E-state index contributed by atoms with van der Waals surface area (Å²) in [7, 11) is 0. The topological polar surface area (TPSA) is 80.2 Å². The molecule has 0 aliphatic carbocycles. The lowest BCUT2D eigenvalue weighted by Gasteiger charge is -2.13. The van der Waals surface area contributed by atoms with E-state index < -0.39 is 6.36 Å². The molecule has 140 valence electrons. The molecular formula is C15H16F3N5O2S. The molecule has 3 N–H and O–H groups in total. The Balaban J connectivity index is 1.79. The summed E-state index contributed by atoms with van der Waals surface area (Å²) >= 11 is 5.00. The zero-order valence-electron chi connectivity index (χ0n) is 13.8. The minimum atomic E-state index is -4.75. The Morgan fingerprint density at radius 1 is 1.23 bits per heavy atom. The van der Waals surface area contributed by atoms with Crippen LogP contribution in [0.5, 0.6) is 5.75 Å². The maximum absolute atomic E-state index is 12.1. The second kappa shape index (κ2) is 8.04. The largest absolute Gasteiger partial charge is 0.573 e. The van der Waals surface area contributed by atoms with Crippen molar-refractivity contribution < 1.29 is 22.7 Å². The summed E-state index contributed by atoms with van der Waals surface area (Å²) in [6.07, 6.45) is -4.75. The number of ether oxygens (including phenoxy) is 1. The van der Waals surface area contributed by atoms with Crippen molar-refractivity contribution in [2.45, 2.75) is 26.8 Å². The fourth-order valence-electron chi connectivity index (χ4n) is 2.04. The smallest absolute Gasteiger partial charge is 0.406 e. The summed E-state index contributed by atoms with van der Waals surface area (Å²) in [6, 6.07) is 6.83. The molecule has 0 fully saturated rings. The lowest BCUT2D eigenvalue weighted by Crippen LogP contribution is -2.45. The number of hydrazine groups is 1. The zero-order chi connectivity index (χ0) is 19.3. The van der Waals surface area contributed by atoms with Gasteiger partial charge in [0.25, 0.3) is 5.91 Å². The number of anilines is 1. The number of nitrogens with zero attached hydrogens (tertiary/aromatic N) is 2. The van der Waals surface area contributed by atoms with Gasteiger partial charge in [-0.1, -0.05) is 0 Å². The number of nitrogens with one attached hydrogen (secondary N) is 3. The fraction of sp³-hybridized carbons (Fsp3) is 0.267. The van der Waals surface area contributed by atoms with E-state index >= 15 is 0 Å². The fourth-order valence-corrected chi connectivity index (χ4v) is 2.21. The molecule has 1 aromatic heterocycles. The summed E-state index contributed by atoms with van der Waals surface area (Å²) < 4.78 is 41.6. The van der Waals surface area contributed by atoms with E-state index in [4.69, 9.17) is 12.2 Å². The average molecular weight is 387 g/mol. The second-order valence-corrected chi connectivity index (χ2v) is 5.69. The van der Waals surface area contributed by atoms with Crippen molar-refractivity contribution in [3.05, 3.63) is 41.7 Å². The number of carbonyl (C=O) groups excluding carboxylic acids is 1. The zero-order valence-corrected chi connectivity index (χ0v) is 14.7. The monoisotopic (exact) mass is 387 g/mol. The van der Waals surface area contributed by atoms with Gasteiger partial charge in [-0.3, -0.25) is 20.3 Å². The standard InChI is InChI=1S/C15H16F3N5O2S/c1-9-7-10(2)23(22-9)8-13(24)20-21-14(26)19-11-3-5-12(6-4-11)25-15(16,17)18/h3-7H,8H2,1-2H3,(H,20,24)(H2,19,21,26). The summed E-state index contributed by atoms with van der Waals surface area (Å²) in [5, 5.41) is 6.95. The van der Waals surface area contributed by atoms with Crippen LogP contribution in [0.1, 0.15) is 11.4 Å². The Morgan fingerprint density at radius 3 is 2.42 bits per heavy atom. The van der Waals surface area contributed by atoms with Crippen LogP contribution in [0.25, 0.3) is 0 Å². The average Bonchev–Trinajstić information content (AvgIpc) is 2.83. The number of carbonyl (C=O) groups is 1. The highest BCUT2D eigenvalue weighted by molar-refractivity contribution is 7.80. The predicted molar refractivity (Wildman–Crippen MR) is 92.3 cm³/mol. The first kappa shape index (κ1) is 19.5. The van der Waals surface area contributed by atoms with Gasteiger partial charge in [0.1, 0.15) is 12.3 Å². The van der Waals surface area contributed by atoms with Crippen LogP contribution in [0.15, 0.2) is 30.3 Å². The van der Waals surface area contributed by atoms with Gasteiger partial charge in [-0.2, -0.15) is 5.10 Å². The molecule has 1 amide bonds. The maximum atomic E-state index is 12.1. The Hall–Kier alpha value is -2.82. The molecule has 0 radical (unpaired) electrons. The van der Waals surface area contributed by atoms with Gasteiger partial charge in [-0.05, 0) is 56.4 Å². The number of hydrogen-bond acceptors (Lipinski definition) is 4. The Labute approximate surface area is 152 Å². The molecule has 26 heavy (non-hydrogen) atoms. The highest BCUT2D eigenvalue weighted by atomic mass is 32.1. The number of hydrogen-bond donors (Lipinski definition) is 3. The van der Waals surface area contributed by atoms with Crippen LogP contribution in [0.3, 0.4) is 0 Å². The molecule has 2 rings (SSSR count). The molecule has 0 spiro atoms. The van der Waals surface area contributed by atoms with E-state index in [0.29, 0.717) is 5.69 Å². The number of aromatic nitrogens is 2. The quantitative estimate of drug-likeness (QED) is 0.552. The third-order valence-electron chi connectivity index (χ3n) is 3.06. The normalized spacial score (nSPS) is 11.0. The Kier molecular flexibility index (Phi) is 6.03. The molecule has 0 saturated heterocycles. The minimum absolute atomic E-state index is 0.0127. The van der Waals surface area contributed by atoms with Crippen molar-refractivity contribution >= 4 is 28.9 Å². The van der Waals surface area contributed by atoms with E-state index in [1.807, 2.05) is 19.9 Å². The van der Waals surface area contributed by atoms with E-state index in [2.05, 4.69) is 26.0 Å². The van der Waals surface area contributed by atoms with Gasteiger partial charge in [0, 0.05) is 11.4 Å². The molecule has 2 aromatic rings. The summed E-state index contributed by atoms with van der Waals surface area (Å²) in [4.78, 5) is 11.9. The van der Waals surface area contributed by atoms with Crippen LogP contribution in [-0.2, 0) is 11.3 Å². The summed E-state index contributed by atoms with van der Waals surface area (Å²) in [5.41, 5.74) is 6.97. The lowest BCUT2D eigenvalue weighted by molar-refractivity contribution is -0.274. The number of rotatable bonds is 4. The van der Waals surface area contributed by atoms with Crippen LogP contribution in [0, 0.1) is 13.8 Å². The molecule has 11 heteroatoms. The molecule has 0 aliphatic rings. The molecule has 1 heterocycles. The number of thiocarbonyl (C=S) groups is 1. The number of amides is 1. The van der Waals surface area contributed by atoms with Gasteiger partial charge in [-0.25, -0.2) is 0 Å². The van der Waals surface area contributed by atoms with Crippen molar-refractivity contribution in [3.8, 4) is 5.75 Å². The van der Waals surface area contributed by atoms with Crippen molar-refractivity contribution in [1.82, 2.24) is 20.6 Å². The van der Waals surface area contributed by atoms with Crippen molar-refractivity contribution in [3.63, 3.8) is 0 Å². The predicted octanol–water partition coefficient (Wildman–Crippen LogP) is 2.42. The highest BCUT2D eigenvalue weighted by Crippen LogP contribution is 2.23. The first-order chi connectivity index (χ1) is 12.1. The Morgan fingerprint density at radius 2 is 1.88 bits per heavy atom. The molecule has 0 aliphatic heterocycles. The first-order valence-corrected chi connectivity index (χ1v) is 7.76. The molecule has 0 bridgehead atoms. The Bertz CT molecular complexity index is 790. The van der Waals surface area contributed by atoms with Crippen molar-refractivity contribution in [2.75, 3.05) is 5.32 Å². The lowest BCUT2D eigenvalue weighted by atomic mass is 10.3. The molecule has 0 unspecified atom stereocenters. The van der Waals surface area contributed by atoms with Gasteiger partial charge in [0.05, 0.1) is 5.69 Å². The molecule has 1 aromatic carbocycles. The van der Waals surface area contributed by atoms with E-state index in [1.54, 1.807) is 4.68 Å². The first-order valence-electron chi connectivity index (χ1n) is 7.35. The van der Waals surface area contributed by atoms with E-state index in [1.165, 1.54) is 12.1 Å². The maximum Gasteiger partial charge on any atom is 0.573 e. The van der Waals surface area contributed by atoms with Crippen LogP contribution < -0.4 is 20.9 Å². The van der Waals surface area contributed by atoms with Crippen LogP contribution in [0.4, 0.5) is 18.9 Å². The number of halogens is 3. The molecule has 0 saturated carbocycles. The van der Waals surface area contributed by atoms with Crippen LogP contribution in [-0.4, -0.2) is 27.2 Å². The molecule has 0 atom stereocenters. The van der Waals surface area contributed by atoms with Crippen LogP contribution >= 0.6 is 12.2 Å². The molecule has 7 nitrogen and oxygen atoms in total. The van der Waals surface area contributed by atoms with Gasteiger partial charge in [-0.15, -0.1) is 13.2 Å². The van der Waals surface area contributed by atoms with Gasteiger partial charge in [0.15, 0.2) is 5.11 Å². The van der Waals surface area contributed by atoms with Gasteiger partial charge in [0.2, 0.25) is 0 Å². The van der Waals surface area contributed by atoms with Crippen LogP contribution in [0.2, 0.25) is 0 Å². The third-order valence-corrected chi connectivity index (χ3v) is 3.26. The number of alkyl halides is 3. The van der Waals surface area contributed by atoms with Gasteiger partial charge >= 0.3 is 6.36 Å². The van der Waals surface area contributed by atoms with E-state index in [9.17, 15) is 18.0 Å². The van der Waals surface area contributed by atoms with Gasteiger partial charge < -0.3 is 10.1 Å². The highest BCUT2D eigenvalue weighted by Gasteiger charge is 2.30. The van der Waals surface area contributed by atoms with E-state index in [-0.39, 0.29) is 23.3 Å². The number of benzene rings is 1. The van der Waals surface area contributed by atoms with Crippen molar-refractivity contribution in [2.24, 2.45) is 0 Å². The summed E-state index contributed by atoms with van der Waals surface area (Å²) in [5.74, 6) is -0.714. The molecular weight excluding hydrogens is 371 g/mol. The SMILES string of the molecule is Cc1cc(C)n(CC(=O)NNC(=S)Nc2ccc(OC(F)(F)F)cc2)n1. The van der Waals surface area contributed by atoms with E-state index in [0.717, 1.165) is 23.5 Å². The summed E-state index contributed by atoms with van der Waals surface area (Å²) in [6.45, 7) is 3.67. The van der Waals surface area contributed by atoms with Crippen molar-refractivity contribution in [1.29, 1.82) is 0 Å².